The smallest absolute Gasteiger partial charge is 0.261 e. The van der Waals surface area contributed by atoms with Gasteiger partial charge in [-0.25, -0.2) is 0 Å². The number of carbonyl (C=O) groups excluding carboxylic acids is 1. The number of nitrogens with zero attached hydrogens (tertiary/aromatic N) is 1. The molecule has 122 valence electrons. The fourth-order valence-electron chi connectivity index (χ4n) is 5.31. The van der Waals surface area contributed by atoms with Crippen LogP contribution in [-0.2, 0) is 4.79 Å². The largest absolute Gasteiger partial charge is 0.393 e. The number of hydrogen-bond donors (Lipinski definition) is 2. The highest BCUT2D eigenvalue weighted by molar-refractivity contribution is 8.15. The van der Waals surface area contributed by atoms with Gasteiger partial charge < -0.3 is 10.4 Å². The zero-order valence-corrected chi connectivity index (χ0v) is 14.2. The molecule has 3 aliphatic carbocycles. The van der Waals surface area contributed by atoms with Gasteiger partial charge >= 0.3 is 0 Å². The van der Waals surface area contributed by atoms with Crippen LogP contribution in [0.15, 0.2) is 4.99 Å². The lowest BCUT2D eigenvalue weighted by Gasteiger charge is -2.38. The Morgan fingerprint density at radius 2 is 1.68 bits per heavy atom. The monoisotopic (exact) mass is 322 g/mol. The van der Waals surface area contributed by atoms with Crippen LogP contribution in [-0.4, -0.2) is 33.6 Å². The molecule has 0 saturated heterocycles. The first kappa shape index (κ1) is 15.0. The molecule has 7 atom stereocenters. The highest BCUT2D eigenvalue weighted by Crippen LogP contribution is 2.53. The summed E-state index contributed by atoms with van der Waals surface area (Å²) in [5.41, 5.74) is 0. The minimum atomic E-state index is -0.133. The molecule has 1 aliphatic heterocycles. The van der Waals surface area contributed by atoms with Crippen molar-refractivity contribution in [2.75, 3.05) is 0 Å². The molecule has 3 bridgehead atoms. The van der Waals surface area contributed by atoms with Gasteiger partial charge in [0.25, 0.3) is 5.91 Å². The molecule has 22 heavy (non-hydrogen) atoms. The third-order valence-corrected chi connectivity index (χ3v) is 7.67. The quantitative estimate of drug-likeness (QED) is 0.819. The van der Waals surface area contributed by atoms with Crippen LogP contribution in [0, 0.1) is 29.6 Å². The van der Waals surface area contributed by atoms with Crippen LogP contribution in [0.5, 0.6) is 0 Å². The number of amides is 1. The first-order valence-corrected chi connectivity index (χ1v) is 9.63. The normalized spacial score (nSPS) is 47.0. The van der Waals surface area contributed by atoms with Crippen LogP contribution in [0.1, 0.15) is 46.0 Å². The summed E-state index contributed by atoms with van der Waals surface area (Å²) in [5, 5.41) is 14.7. The SMILES string of the molecule is CC(C)C1SC(N[C@@H]2C3CC(O)CC4CC2CC4C3)=NC1=O. The molecule has 0 radical (unpaired) electrons. The number of rotatable bonds is 2. The molecule has 6 unspecified atom stereocenters. The number of fused-ring (bicyclic) bond motifs is 2. The minimum absolute atomic E-state index is 0.0177. The van der Waals surface area contributed by atoms with Crippen molar-refractivity contribution >= 4 is 22.8 Å². The van der Waals surface area contributed by atoms with E-state index in [1.54, 1.807) is 11.8 Å². The molecular weight excluding hydrogens is 296 g/mol. The van der Waals surface area contributed by atoms with Crippen molar-refractivity contribution in [3.05, 3.63) is 0 Å². The highest BCUT2D eigenvalue weighted by Gasteiger charge is 2.50. The zero-order chi connectivity index (χ0) is 15.4. The number of hydrogen-bond acceptors (Lipinski definition) is 4. The van der Waals surface area contributed by atoms with E-state index in [4.69, 9.17) is 0 Å². The maximum atomic E-state index is 12.0. The maximum absolute atomic E-state index is 12.0. The molecule has 4 nitrogen and oxygen atoms in total. The van der Waals surface area contributed by atoms with Gasteiger partial charge in [-0.15, -0.1) is 0 Å². The number of aliphatic hydroxyl groups is 1. The van der Waals surface area contributed by atoms with E-state index in [0.29, 0.717) is 23.8 Å². The molecule has 4 rings (SSSR count). The Bertz CT molecular complexity index is 507. The second kappa shape index (κ2) is 5.52. The van der Waals surface area contributed by atoms with Crippen LogP contribution < -0.4 is 5.32 Å². The van der Waals surface area contributed by atoms with E-state index in [9.17, 15) is 9.90 Å². The fourth-order valence-corrected chi connectivity index (χ4v) is 6.33. The number of thioether (sulfide) groups is 1. The lowest BCUT2D eigenvalue weighted by molar-refractivity contribution is -0.117. The van der Waals surface area contributed by atoms with Crippen molar-refractivity contribution < 1.29 is 9.90 Å². The van der Waals surface area contributed by atoms with E-state index < -0.39 is 0 Å². The number of nitrogens with one attached hydrogen (secondary N) is 1. The van der Waals surface area contributed by atoms with Gasteiger partial charge in [0.15, 0.2) is 5.17 Å². The summed E-state index contributed by atoms with van der Waals surface area (Å²) in [6.45, 7) is 4.16. The van der Waals surface area contributed by atoms with Crippen molar-refractivity contribution in [1.29, 1.82) is 0 Å². The summed E-state index contributed by atoms with van der Waals surface area (Å²) in [6.07, 6.45) is 5.58. The summed E-state index contributed by atoms with van der Waals surface area (Å²) in [7, 11) is 0. The lowest BCUT2D eigenvalue weighted by Crippen LogP contribution is -2.47. The first-order valence-electron chi connectivity index (χ1n) is 8.75. The van der Waals surface area contributed by atoms with Crippen molar-refractivity contribution in [3.63, 3.8) is 0 Å². The molecule has 5 heteroatoms. The summed E-state index contributed by atoms with van der Waals surface area (Å²) >= 11 is 1.61. The summed E-state index contributed by atoms with van der Waals surface area (Å²) in [4.78, 5) is 16.3. The van der Waals surface area contributed by atoms with Crippen LogP contribution in [0.4, 0.5) is 0 Å². The molecule has 0 aromatic heterocycles. The predicted octanol–water partition coefficient (Wildman–Crippen LogP) is 2.42. The van der Waals surface area contributed by atoms with Gasteiger partial charge in [0, 0.05) is 6.04 Å². The van der Waals surface area contributed by atoms with Gasteiger partial charge in [0.1, 0.15) is 0 Å². The second-order valence-corrected chi connectivity index (χ2v) is 9.21. The molecule has 1 heterocycles. The third-order valence-electron chi connectivity index (χ3n) is 6.24. The van der Waals surface area contributed by atoms with Crippen molar-refractivity contribution in [1.82, 2.24) is 5.32 Å². The van der Waals surface area contributed by atoms with Gasteiger partial charge in [0.05, 0.1) is 11.4 Å². The van der Waals surface area contributed by atoms with Crippen LogP contribution in [0.25, 0.3) is 0 Å². The number of carbonyl (C=O) groups is 1. The van der Waals surface area contributed by atoms with Gasteiger partial charge in [-0.05, 0) is 61.7 Å². The number of aliphatic hydroxyl groups excluding tert-OH is 1. The van der Waals surface area contributed by atoms with E-state index in [1.165, 1.54) is 19.3 Å². The molecular formula is C17H26N2O2S. The Morgan fingerprint density at radius 3 is 2.32 bits per heavy atom. The van der Waals surface area contributed by atoms with Gasteiger partial charge in [0.2, 0.25) is 0 Å². The first-order chi connectivity index (χ1) is 10.5. The van der Waals surface area contributed by atoms with Gasteiger partial charge in [-0.2, -0.15) is 4.99 Å². The van der Waals surface area contributed by atoms with Crippen molar-refractivity contribution in [2.45, 2.75) is 63.3 Å². The van der Waals surface area contributed by atoms with Crippen molar-refractivity contribution in [2.24, 2.45) is 34.6 Å². The predicted molar refractivity (Wildman–Crippen MR) is 88.6 cm³/mol. The average Bonchev–Trinajstić information content (AvgIpc) is 2.92. The van der Waals surface area contributed by atoms with E-state index in [0.717, 1.165) is 29.8 Å². The Kier molecular flexibility index (Phi) is 3.76. The average molecular weight is 322 g/mol. The second-order valence-electron chi connectivity index (χ2n) is 8.08. The Balaban J connectivity index is 1.49. The van der Waals surface area contributed by atoms with Crippen LogP contribution >= 0.6 is 11.8 Å². The van der Waals surface area contributed by atoms with E-state index >= 15 is 0 Å². The summed E-state index contributed by atoms with van der Waals surface area (Å²) in [6, 6.07) is 0.404. The van der Waals surface area contributed by atoms with E-state index in [1.807, 2.05) is 0 Å². The molecule has 4 aliphatic rings. The van der Waals surface area contributed by atoms with Gasteiger partial charge in [-0.3, -0.25) is 4.79 Å². The van der Waals surface area contributed by atoms with E-state index in [-0.39, 0.29) is 17.3 Å². The van der Waals surface area contributed by atoms with E-state index in [2.05, 4.69) is 24.2 Å². The molecule has 0 aromatic carbocycles. The third kappa shape index (κ3) is 2.50. The Morgan fingerprint density at radius 1 is 1.09 bits per heavy atom. The highest BCUT2D eigenvalue weighted by atomic mass is 32.2. The minimum Gasteiger partial charge on any atom is -0.393 e. The maximum Gasteiger partial charge on any atom is 0.261 e. The topological polar surface area (TPSA) is 61.7 Å². The summed E-state index contributed by atoms with van der Waals surface area (Å²) in [5.74, 6) is 3.14. The van der Waals surface area contributed by atoms with Crippen molar-refractivity contribution in [3.8, 4) is 0 Å². The van der Waals surface area contributed by atoms with Gasteiger partial charge in [-0.1, -0.05) is 25.6 Å². The fraction of sp³-hybridized carbons (Fsp3) is 0.882. The Hall–Kier alpha value is -0.550. The molecule has 3 saturated carbocycles. The molecule has 0 spiro atoms. The standard InChI is InChI=1S/C17H26N2O2S/c1-8(2)15-16(21)19-17(22-15)18-14-11-3-9-4-12(14)7-13(20)6-10(9)5-11/h8-15,20H,3-7H2,1-2H3,(H,18,19,21)/t9?,10?,11?,12?,13?,14-,15?/m0/s1. The molecule has 1 amide bonds. The number of aliphatic imine (C=N–C) groups is 1. The molecule has 3 fully saturated rings. The van der Waals surface area contributed by atoms with Crippen LogP contribution in [0.3, 0.4) is 0 Å². The number of amidine groups is 1. The lowest BCUT2D eigenvalue weighted by atomic mass is 9.75. The van der Waals surface area contributed by atoms with Crippen LogP contribution in [0.2, 0.25) is 0 Å². The summed E-state index contributed by atoms with van der Waals surface area (Å²) < 4.78 is 0. The zero-order valence-electron chi connectivity index (χ0n) is 13.4. The molecule has 0 aromatic rings. The molecule has 2 N–H and O–H groups in total. The Labute approximate surface area is 136 Å².